The number of rotatable bonds is 4. The van der Waals surface area contributed by atoms with Crippen molar-refractivity contribution in [3.05, 3.63) is 40.3 Å². The van der Waals surface area contributed by atoms with Crippen LogP contribution in [0.2, 0.25) is 0 Å². The summed E-state index contributed by atoms with van der Waals surface area (Å²) in [6, 6.07) is 7.10. The number of thiazole rings is 1. The molecule has 2 rings (SSSR count). The second kappa shape index (κ2) is 4.99. The molecule has 2 N–H and O–H groups in total. The standard InChI is InChI=1S/C12H14N2OS/c1-2-12-14-10(8-16-12)7-13-9-4-3-5-11(15)6-9/h3-6,8,13,15H,2,7H2,1H3. The van der Waals surface area contributed by atoms with E-state index in [1.807, 2.05) is 12.1 Å². The van der Waals surface area contributed by atoms with Gasteiger partial charge in [0.2, 0.25) is 0 Å². The van der Waals surface area contributed by atoms with Crippen molar-refractivity contribution >= 4 is 17.0 Å². The minimum absolute atomic E-state index is 0.275. The lowest BCUT2D eigenvalue weighted by atomic mass is 10.3. The first-order valence-electron chi connectivity index (χ1n) is 5.24. The number of aryl methyl sites for hydroxylation is 1. The Morgan fingerprint density at radius 1 is 1.44 bits per heavy atom. The van der Waals surface area contributed by atoms with Crippen LogP contribution < -0.4 is 5.32 Å². The predicted molar refractivity (Wildman–Crippen MR) is 66.9 cm³/mol. The van der Waals surface area contributed by atoms with Gasteiger partial charge in [-0.15, -0.1) is 11.3 Å². The lowest BCUT2D eigenvalue weighted by Crippen LogP contribution is -1.99. The highest BCUT2D eigenvalue weighted by molar-refractivity contribution is 7.09. The van der Waals surface area contributed by atoms with Crippen LogP contribution >= 0.6 is 11.3 Å². The third kappa shape index (κ3) is 2.73. The molecule has 0 fully saturated rings. The van der Waals surface area contributed by atoms with Gasteiger partial charge in [-0.1, -0.05) is 13.0 Å². The molecule has 0 radical (unpaired) electrons. The maximum Gasteiger partial charge on any atom is 0.117 e. The van der Waals surface area contributed by atoms with Gasteiger partial charge in [-0.3, -0.25) is 0 Å². The van der Waals surface area contributed by atoms with Gasteiger partial charge in [0.25, 0.3) is 0 Å². The molecule has 0 unspecified atom stereocenters. The normalized spacial score (nSPS) is 10.3. The number of hydrogen-bond donors (Lipinski definition) is 2. The highest BCUT2D eigenvalue weighted by Crippen LogP contribution is 2.17. The lowest BCUT2D eigenvalue weighted by Gasteiger charge is -2.04. The Kier molecular flexibility index (Phi) is 3.41. The third-order valence-corrected chi connectivity index (χ3v) is 3.26. The molecule has 3 nitrogen and oxygen atoms in total. The summed E-state index contributed by atoms with van der Waals surface area (Å²) in [7, 11) is 0. The van der Waals surface area contributed by atoms with Crippen LogP contribution in [0.5, 0.6) is 5.75 Å². The molecule has 0 saturated heterocycles. The quantitative estimate of drug-likeness (QED) is 0.854. The highest BCUT2D eigenvalue weighted by Gasteiger charge is 2.00. The molecule has 1 heterocycles. The molecule has 0 aliphatic rings. The Hall–Kier alpha value is -1.55. The van der Waals surface area contributed by atoms with Gasteiger partial charge < -0.3 is 10.4 Å². The summed E-state index contributed by atoms with van der Waals surface area (Å²) < 4.78 is 0. The van der Waals surface area contributed by atoms with Gasteiger partial charge in [0, 0.05) is 17.1 Å². The van der Waals surface area contributed by atoms with Crippen LogP contribution in [0.15, 0.2) is 29.6 Å². The summed E-state index contributed by atoms with van der Waals surface area (Å²) in [5.41, 5.74) is 1.95. The Morgan fingerprint density at radius 2 is 2.31 bits per heavy atom. The number of phenols is 1. The van der Waals surface area contributed by atoms with Crippen molar-refractivity contribution in [3.63, 3.8) is 0 Å². The van der Waals surface area contributed by atoms with E-state index in [0.717, 1.165) is 22.8 Å². The molecule has 16 heavy (non-hydrogen) atoms. The van der Waals surface area contributed by atoms with Gasteiger partial charge in [-0.25, -0.2) is 4.98 Å². The van der Waals surface area contributed by atoms with Crippen molar-refractivity contribution in [2.24, 2.45) is 0 Å². The summed E-state index contributed by atoms with van der Waals surface area (Å²) in [6.07, 6.45) is 0.983. The van der Waals surface area contributed by atoms with Gasteiger partial charge in [0.05, 0.1) is 17.2 Å². The van der Waals surface area contributed by atoms with E-state index in [9.17, 15) is 5.11 Å². The smallest absolute Gasteiger partial charge is 0.117 e. The van der Waals surface area contributed by atoms with E-state index >= 15 is 0 Å². The summed E-state index contributed by atoms with van der Waals surface area (Å²) in [5, 5.41) is 15.7. The molecule has 1 aromatic carbocycles. The van der Waals surface area contributed by atoms with E-state index in [0.29, 0.717) is 6.54 Å². The van der Waals surface area contributed by atoms with Crippen molar-refractivity contribution in [1.82, 2.24) is 4.98 Å². The van der Waals surface area contributed by atoms with Crippen LogP contribution in [0.4, 0.5) is 5.69 Å². The van der Waals surface area contributed by atoms with Gasteiger partial charge in [0.1, 0.15) is 5.75 Å². The Labute approximate surface area is 98.8 Å². The van der Waals surface area contributed by atoms with E-state index in [4.69, 9.17) is 0 Å². The molecule has 0 saturated carbocycles. The average molecular weight is 234 g/mol. The van der Waals surface area contributed by atoms with E-state index < -0.39 is 0 Å². The summed E-state index contributed by atoms with van der Waals surface area (Å²) in [6.45, 7) is 2.80. The fourth-order valence-electron chi connectivity index (χ4n) is 1.40. The van der Waals surface area contributed by atoms with E-state index in [1.165, 1.54) is 0 Å². The molecule has 4 heteroatoms. The summed E-state index contributed by atoms with van der Waals surface area (Å²) in [4.78, 5) is 4.46. The van der Waals surface area contributed by atoms with Crippen LogP contribution in [0.3, 0.4) is 0 Å². The summed E-state index contributed by atoms with van der Waals surface area (Å²) in [5.74, 6) is 0.275. The van der Waals surface area contributed by atoms with E-state index in [-0.39, 0.29) is 5.75 Å². The van der Waals surface area contributed by atoms with Gasteiger partial charge >= 0.3 is 0 Å². The number of aromatic hydroxyl groups is 1. The number of benzene rings is 1. The number of nitrogens with one attached hydrogen (secondary N) is 1. The third-order valence-electron chi connectivity index (χ3n) is 2.22. The monoisotopic (exact) mass is 234 g/mol. The maximum atomic E-state index is 9.30. The van der Waals surface area contributed by atoms with E-state index in [2.05, 4.69) is 22.6 Å². The first-order chi connectivity index (χ1) is 7.78. The van der Waals surface area contributed by atoms with Crippen LogP contribution in [0.1, 0.15) is 17.6 Å². The van der Waals surface area contributed by atoms with Gasteiger partial charge in [0.15, 0.2) is 0 Å². The summed E-state index contributed by atoms with van der Waals surface area (Å²) >= 11 is 1.69. The van der Waals surface area contributed by atoms with Crippen LogP contribution in [-0.4, -0.2) is 10.1 Å². The first-order valence-corrected chi connectivity index (χ1v) is 6.12. The van der Waals surface area contributed by atoms with Crippen molar-refractivity contribution in [2.75, 3.05) is 5.32 Å². The molecule has 0 aliphatic heterocycles. The highest BCUT2D eigenvalue weighted by atomic mass is 32.1. The molecular weight excluding hydrogens is 220 g/mol. The Bertz CT molecular complexity index is 468. The fraction of sp³-hybridized carbons (Fsp3) is 0.250. The van der Waals surface area contributed by atoms with Crippen LogP contribution in [0, 0.1) is 0 Å². The molecule has 0 spiro atoms. The minimum Gasteiger partial charge on any atom is -0.508 e. The number of aromatic nitrogens is 1. The van der Waals surface area contributed by atoms with E-state index in [1.54, 1.807) is 23.5 Å². The maximum absolute atomic E-state index is 9.30. The van der Waals surface area contributed by atoms with Crippen LogP contribution in [-0.2, 0) is 13.0 Å². The molecule has 2 aromatic rings. The second-order valence-corrected chi connectivity index (χ2v) is 4.43. The average Bonchev–Trinajstić information content (AvgIpc) is 2.74. The SMILES string of the molecule is CCc1nc(CNc2cccc(O)c2)cs1. The Balaban J connectivity index is 1.96. The van der Waals surface area contributed by atoms with Gasteiger partial charge in [-0.2, -0.15) is 0 Å². The van der Waals surface area contributed by atoms with Crippen LogP contribution in [0.25, 0.3) is 0 Å². The molecular formula is C12H14N2OS. The van der Waals surface area contributed by atoms with Crippen molar-refractivity contribution in [2.45, 2.75) is 19.9 Å². The molecule has 0 atom stereocenters. The Morgan fingerprint density at radius 3 is 3.00 bits per heavy atom. The number of nitrogens with zero attached hydrogens (tertiary/aromatic N) is 1. The molecule has 0 bridgehead atoms. The topological polar surface area (TPSA) is 45.2 Å². The fourth-order valence-corrected chi connectivity index (χ4v) is 2.15. The first kappa shape index (κ1) is 11.0. The molecule has 0 amide bonds. The lowest BCUT2D eigenvalue weighted by molar-refractivity contribution is 0.475. The number of hydrogen-bond acceptors (Lipinski definition) is 4. The number of anilines is 1. The molecule has 1 aromatic heterocycles. The largest absolute Gasteiger partial charge is 0.508 e. The number of phenolic OH excluding ortho intramolecular Hbond substituents is 1. The zero-order valence-corrected chi connectivity index (χ0v) is 9.92. The minimum atomic E-state index is 0.275. The second-order valence-electron chi connectivity index (χ2n) is 3.49. The molecule has 84 valence electrons. The zero-order chi connectivity index (χ0) is 11.4. The molecule has 0 aliphatic carbocycles. The van der Waals surface area contributed by atoms with Crippen molar-refractivity contribution < 1.29 is 5.11 Å². The van der Waals surface area contributed by atoms with Crippen molar-refractivity contribution in [3.8, 4) is 5.75 Å². The zero-order valence-electron chi connectivity index (χ0n) is 9.10. The van der Waals surface area contributed by atoms with Gasteiger partial charge in [-0.05, 0) is 18.6 Å². The van der Waals surface area contributed by atoms with Crippen molar-refractivity contribution in [1.29, 1.82) is 0 Å². The predicted octanol–water partition coefficient (Wildman–Crippen LogP) is 3.02.